The second kappa shape index (κ2) is 5.93. The minimum atomic E-state index is -0.840. The zero-order valence-corrected chi connectivity index (χ0v) is 14.2. The minimum absolute atomic E-state index is 0.257. The van der Waals surface area contributed by atoms with E-state index in [-0.39, 0.29) is 6.04 Å². The van der Waals surface area contributed by atoms with E-state index in [1.165, 1.54) is 0 Å². The van der Waals surface area contributed by atoms with Crippen LogP contribution in [0.4, 0.5) is 0 Å². The van der Waals surface area contributed by atoms with Gasteiger partial charge < -0.3 is 14.8 Å². The Balaban J connectivity index is 1.94. The van der Waals surface area contributed by atoms with Crippen molar-refractivity contribution in [3.8, 4) is 5.75 Å². The maximum atomic E-state index is 11.7. The summed E-state index contributed by atoms with van der Waals surface area (Å²) in [6.07, 6.45) is 0.458. The molecule has 5 nitrogen and oxygen atoms in total. The van der Waals surface area contributed by atoms with Crippen LogP contribution >= 0.6 is 0 Å². The monoisotopic (exact) mass is 336 g/mol. The highest BCUT2D eigenvalue weighted by atomic mass is 16.5. The Morgan fingerprint density at radius 3 is 2.80 bits per heavy atom. The number of aromatic nitrogens is 1. The Labute approximate surface area is 145 Å². The number of hydrogen-bond acceptors (Lipinski definition) is 3. The van der Waals surface area contributed by atoms with E-state index in [9.17, 15) is 9.90 Å². The molecule has 0 saturated carbocycles. The topological polar surface area (TPSA) is 74.3 Å². The fourth-order valence-electron chi connectivity index (χ4n) is 3.72. The summed E-state index contributed by atoms with van der Waals surface area (Å²) in [5, 5.41) is 14.0. The third-order valence-electron chi connectivity index (χ3n) is 4.91. The van der Waals surface area contributed by atoms with Crippen LogP contribution in [0.2, 0.25) is 0 Å². The van der Waals surface area contributed by atoms with E-state index in [1.807, 2.05) is 43.3 Å². The van der Waals surface area contributed by atoms with Gasteiger partial charge in [-0.15, -0.1) is 0 Å². The Bertz CT molecular complexity index is 961. The third-order valence-corrected chi connectivity index (χ3v) is 4.91. The van der Waals surface area contributed by atoms with Crippen molar-refractivity contribution in [2.75, 3.05) is 7.11 Å². The fourth-order valence-corrected chi connectivity index (χ4v) is 3.72. The van der Waals surface area contributed by atoms with E-state index in [2.05, 4.69) is 16.4 Å². The van der Waals surface area contributed by atoms with Gasteiger partial charge in [0.25, 0.3) is 0 Å². The number of benzene rings is 2. The molecule has 3 aromatic rings. The van der Waals surface area contributed by atoms with Crippen LogP contribution in [0.1, 0.15) is 28.4 Å². The molecule has 0 amide bonds. The van der Waals surface area contributed by atoms with Gasteiger partial charge in [0, 0.05) is 28.6 Å². The molecule has 0 aliphatic carbocycles. The number of fused-ring (bicyclic) bond motifs is 3. The lowest BCUT2D eigenvalue weighted by atomic mass is 9.89. The van der Waals surface area contributed by atoms with E-state index >= 15 is 0 Å². The Hall–Kier alpha value is -2.79. The summed E-state index contributed by atoms with van der Waals surface area (Å²) in [7, 11) is 1.64. The van der Waals surface area contributed by atoms with Gasteiger partial charge in [-0.1, -0.05) is 35.9 Å². The molecule has 0 radical (unpaired) electrons. The lowest BCUT2D eigenvalue weighted by Gasteiger charge is -2.30. The van der Waals surface area contributed by atoms with Crippen molar-refractivity contribution >= 4 is 16.9 Å². The molecule has 0 fully saturated rings. The molecule has 1 aliphatic heterocycles. The van der Waals surface area contributed by atoms with Crippen molar-refractivity contribution in [1.82, 2.24) is 10.3 Å². The molecule has 2 aromatic carbocycles. The average molecular weight is 336 g/mol. The molecule has 2 atom stereocenters. The van der Waals surface area contributed by atoms with Crippen LogP contribution in [0.3, 0.4) is 0 Å². The zero-order valence-electron chi connectivity index (χ0n) is 14.2. The van der Waals surface area contributed by atoms with Crippen LogP contribution in [-0.2, 0) is 11.2 Å². The van der Waals surface area contributed by atoms with E-state index in [1.54, 1.807) is 7.11 Å². The Kier molecular flexibility index (Phi) is 3.73. The quantitative estimate of drug-likeness (QED) is 0.687. The summed E-state index contributed by atoms with van der Waals surface area (Å²) in [5.74, 6) is -0.0914. The molecular weight excluding hydrogens is 316 g/mol. The first-order chi connectivity index (χ1) is 12.1. The zero-order chi connectivity index (χ0) is 17.6. The number of aromatic amines is 1. The molecule has 1 aromatic heterocycles. The van der Waals surface area contributed by atoms with Gasteiger partial charge in [0.05, 0.1) is 13.2 Å². The predicted molar refractivity (Wildman–Crippen MR) is 96.1 cm³/mol. The molecule has 5 heteroatoms. The van der Waals surface area contributed by atoms with Crippen molar-refractivity contribution in [2.45, 2.75) is 25.4 Å². The Morgan fingerprint density at radius 1 is 1.24 bits per heavy atom. The van der Waals surface area contributed by atoms with Gasteiger partial charge in [-0.05, 0) is 24.6 Å². The lowest BCUT2D eigenvalue weighted by Crippen LogP contribution is -2.45. The highest BCUT2D eigenvalue weighted by Crippen LogP contribution is 2.38. The smallest absolute Gasteiger partial charge is 0.321 e. The molecule has 3 N–H and O–H groups in total. The molecule has 128 valence electrons. The third kappa shape index (κ3) is 2.57. The second-order valence-corrected chi connectivity index (χ2v) is 6.50. The van der Waals surface area contributed by atoms with Crippen LogP contribution in [0.5, 0.6) is 5.75 Å². The SMILES string of the molecule is COc1ccc(C)cc1C1NC(C(=O)O)Cc2c1[nH]c1ccccc21. The standard InChI is InChI=1S/C20H20N2O3/c1-11-7-8-17(25-2)14(9-11)19-18-13(10-16(22-19)20(23)24)12-5-3-4-6-15(12)21-18/h3-9,16,19,21-22H,10H2,1-2H3,(H,23,24). The number of carboxylic acids is 1. The molecule has 1 aliphatic rings. The summed E-state index contributed by atoms with van der Waals surface area (Å²) >= 11 is 0. The van der Waals surface area contributed by atoms with E-state index < -0.39 is 12.0 Å². The summed E-state index contributed by atoms with van der Waals surface area (Å²) < 4.78 is 5.54. The second-order valence-electron chi connectivity index (χ2n) is 6.50. The Morgan fingerprint density at radius 2 is 2.04 bits per heavy atom. The van der Waals surface area contributed by atoms with E-state index in [4.69, 9.17) is 4.74 Å². The first kappa shape index (κ1) is 15.7. The summed E-state index contributed by atoms with van der Waals surface area (Å²) in [6, 6.07) is 13.1. The molecular formula is C20H20N2O3. The number of hydrogen-bond donors (Lipinski definition) is 3. The van der Waals surface area contributed by atoms with E-state index in [0.717, 1.165) is 39.0 Å². The minimum Gasteiger partial charge on any atom is -0.496 e. The first-order valence-corrected chi connectivity index (χ1v) is 8.31. The van der Waals surface area contributed by atoms with Crippen LogP contribution < -0.4 is 10.1 Å². The molecule has 25 heavy (non-hydrogen) atoms. The normalized spacial score (nSPS) is 19.6. The molecule has 0 spiro atoms. The van der Waals surface area contributed by atoms with Crippen LogP contribution in [-0.4, -0.2) is 29.2 Å². The van der Waals surface area contributed by atoms with Crippen molar-refractivity contribution in [3.63, 3.8) is 0 Å². The van der Waals surface area contributed by atoms with Gasteiger partial charge in [0.1, 0.15) is 11.8 Å². The van der Waals surface area contributed by atoms with Crippen molar-refractivity contribution < 1.29 is 14.6 Å². The number of H-pyrrole nitrogens is 1. The lowest BCUT2D eigenvalue weighted by molar-refractivity contribution is -0.139. The van der Waals surface area contributed by atoms with Crippen LogP contribution in [0.15, 0.2) is 42.5 Å². The van der Waals surface area contributed by atoms with Gasteiger partial charge in [-0.3, -0.25) is 10.1 Å². The first-order valence-electron chi connectivity index (χ1n) is 8.31. The van der Waals surface area contributed by atoms with Gasteiger partial charge >= 0.3 is 5.97 Å². The number of methoxy groups -OCH3 is 1. The van der Waals surface area contributed by atoms with Gasteiger partial charge in [0.15, 0.2) is 0 Å². The molecule has 0 saturated heterocycles. The molecule has 2 unspecified atom stereocenters. The molecule has 2 heterocycles. The summed E-state index contributed by atoms with van der Waals surface area (Å²) in [5.41, 5.74) is 5.16. The highest BCUT2D eigenvalue weighted by molar-refractivity contribution is 5.87. The van der Waals surface area contributed by atoms with Crippen molar-refractivity contribution in [3.05, 3.63) is 64.8 Å². The number of nitrogens with one attached hydrogen (secondary N) is 2. The number of ether oxygens (including phenoxy) is 1. The molecule has 4 rings (SSSR count). The fraction of sp³-hybridized carbons (Fsp3) is 0.250. The van der Waals surface area contributed by atoms with Crippen molar-refractivity contribution in [2.24, 2.45) is 0 Å². The maximum absolute atomic E-state index is 11.7. The molecule has 0 bridgehead atoms. The maximum Gasteiger partial charge on any atom is 0.321 e. The number of para-hydroxylation sites is 1. The highest BCUT2D eigenvalue weighted by Gasteiger charge is 2.35. The summed E-state index contributed by atoms with van der Waals surface area (Å²) in [6.45, 7) is 2.02. The number of aryl methyl sites for hydroxylation is 1. The number of carboxylic acid groups (broad SMARTS) is 1. The number of carbonyl (C=O) groups is 1. The number of aliphatic carboxylic acids is 1. The predicted octanol–water partition coefficient (Wildman–Crippen LogP) is 3.17. The van der Waals surface area contributed by atoms with E-state index in [0.29, 0.717) is 6.42 Å². The number of rotatable bonds is 3. The van der Waals surface area contributed by atoms with Crippen LogP contribution in [0.25, 0.3) is 10.9 Å². The van der Waals surface area contributed by atoms with Gasteiger partial charge in [-0.25, -0.2) is 0 Å². The van der Waals surface area contributed by atoms with Gasteiger partial charge in [0.2, 0.25) is 0 Å². The van der Waals surface area contributed by atoms with Crippen molar-refractivity contribution in [1.29, 1.82) is 0 Å². The van der Waals surface area contributed by atoms with Crippen LogP contribution in [0, 0.1) is 6.92 Å². The largest absolute Gasteiger partial charge is 0.496 e. The van der Waals surface area contributed by atoms with Gasteiger partial charge in [-0.2, -0.15) is 0 Å². The average Bonchev–Trinajstić information content (AvgIpc) is 2.99. The summed E-state index contributed by atoms with van der Waals surface area (Å²) in [4.78, 5) is 15.2.